The maximum absolute atomic E-state index is 13.4. The van der Waals surface area contributed by atoms with E-state index in [1.165, 1.54) is 22.5 Å². The van der Waals surface area contributed by atoms with E-state index in [1.807, 2.05) is 6.07 Å². The Morgan fingerprint density at radius 3 is 2.35 bits per heavy atom. The molecule has 0 unspecified atom stereocenters. The van der Waals surface area contributed by atoms with Gasteiger partial charge in [-0.2, -0.15) is 4.31 Å². The molecule has 2 aromatic rings. The van der Waals surface area contributed by atoms with Crippen molar-refractivity contribution in [2.45, 2.75) is 11.4 Å². The number of sulfonamides is 1. The second-order valence-corrected chi connectivity index (χ2v) is 9.68. The van der Waals surface area contributed by atoms with Gasteiger partial charge in [-0.3, -0.25) is 9.69 Å². The molecule has 0 spiro atoms. The minimum absolute atomic E-state index is 0.169. The summed E-state index contributed by atoms with van der Waals surface area (Å²) in [6.45, 7) is 4.59. The molecule has 1 amide bonds. The highest BCUT2D eigenvalue weighted by atomic mass is 32.2. The highest BCUT2D eigenvalue weighted by molar-refractivity contribution is 7.89. The molecule has 4 rings (SSSR count). The van der Waals surface area contributed by atoms with Gasteiger partial charge in [-0.1, -0.05) is 18.2 Å². The molecular formula is C22H26FN3O4S. The Morgan fingerprint density at radius 1 is 0.935 bits per heavy atom. The second kappa shape index (κ2) is 9.44. The molecule has 166 valence electrons. The standard InChI is InChI=1S/C22H26FN3O4S/c23-20-5-2-4-19(16-20)22(27)25-9-7-24(8-10-25)17-18-3-1-6-21(15-18)31(28,29)26-11-13-30-14-12-26/h1-6,15-16H,7-14,17H2. The van der Waals surface area contributed by atoms with Crippen LogP contribution in [0.2, 0.25) is 0 Å². The Kier molecular flexibility index (Phi) is 6.66. The van der Waals surface area contributed by atoms with Crippen molar-refractivity contribution in [3.63, 3.8) is 0 Å². The summed E-state index contributed by atoms with van der Waals surface area (Å²) in [5.41, 5.74) is 1.27. The van der Waals surface area contributed by atoms with Gasteiger partial charge in [0.15, 0.2) is 0 Å². The summed E-state index contributed by atoms with van der Waals surface area (Å²) in [6, 6.07) is 12.8. The molecule has 0 saturated carbocycles. The van der Waals surface area contributed by atoms with Crippen molar-refractivity contribution < 1.29 is 22.3 Å². The lowest BCUT2D eigenvalue weighted by molar-refractivity contribution is 0.0628. The van der Waals surface area contributed by atoms with E-state index in [0.717, 1.165) is 5.56 Å². The third-order valence-electron chi connectivity index (χ3n) is 5.64. The van der Waals surface area contributed by atoms with Crippen LogP contribution in [0.1, 0.15) is 15.9 Å². The summed E-state index contributed by atoms with van der Waals surface area (Å²) in [5.74, 6) is -0.589. The zero-order valence-electron chi connectivity index (χ0n) is 17.2. The van der Waals surface area contributed by atoms with Gasteiger partial charge in [0.1, 0.15) is 5.82 Å². The molecule has 2 fully saturated rings. The first-order chi connectivity index (χ1) is 14.9. The molecule has 2 aliphatic rings. The van der Waals surface area contributed by atoms with Gasteiger partial charge in [0.25, 0.3) is 5.91 Å². The molecule has 31 heavy (non-hydrogen) atoms. The fourth-order valence-corrected chi connectivity index (χ4v) is 5.39. The molecule has 0 N–H and O–H groups in total. The topological polar surface area (TPSA) is 70.2 Å². The summed E-state index contributed by atoms with van der Waals surface area (Å²) in [6.07, 6.45) is 0. The quantitative estimate of drug-likeness (QED) is 0.699. The van der Waals surface area contributed by atoms with E-state index >= 15 is 0 Å². The predicted octanol–water partition coefficient (Wildman–Crippen LogP) is 1.80. The molecular weight excluding hydrogens is 421 g/mol. The average molecular weight is 448 g/mol. The number of halogens is 1. The molecule has 2 saturated heterocycles. The number of piperazine rings is 1. The SMILES string of the molecule is O=C(c1cccc(F)c1)N1CCN(Cc2cccc(S(=O)(=O)N3CCOCC3)c2)CC1. The van der Waals surface area contributed by atoms with Crippen LogP contribution in [-0.4, -0.2) is 80.9 Å². The van der Waals surface area contributed by atoms with Crippen LogP contribution in [0.5, 0.6) is 0 Å². The lowest BCUT2D eigenvalue weighted by Gasteiger charge is -2.35. The van der Waals surface area contributed by atoms with Crippen molar-refractivity contribution in [1.82, 2.24) is 14.1 Å². The summed E-state index contributed by atoms with van der Waals surface area (Å²) < 4.78 is 45.9. The highest BCUT2D eigenvalue weighted by Crippen LogP contribution is 2.20. The maximum Gasteiger partial charge on any atom is 0.254 e. The Bertz CT molecular complexity index is 1030. The highest BCUT2D eigenvalue weighted by Gasteiger charge is 2.27. The van der Waals surface area contributed by atoms with E-state index in [1.54, 1.807) is 29.2 Å². The van der Waals surface area contributed by atoms with Crippen LogP contribution in [0.3, 0.4) is 0 Å². The van der Waals surface area contributed by atoms with Crippen molar-refractivity contribution in [1.29, 1.82) is 0 Å². The number of ether oxygens (including phenoxy) is 1. The van der Waals surface area contributed by atoms with Crippen LogP contribution in [0, 0.1) is 5.82 Å². The van der Waals surface area contributed by atoms with E-state index in [-0.39, 0.29) is 5.91 Å². The number of rotatable bonds is 5. The fourth-order valence-electron chi connectivity index (χ4n) is 3.91. The Labute approximate surface area is 182 Å². The van der Waals surface area contributed by atoms with Crippen LogP contribution in [0.4, 0.5) is 4.39 Å². The third kappa shape index (κ3) is 5.12. The van der Waals surface area contributed by atoms with E-state index in [4.69, 9.17) is 4.74 Å². The molecule has 2 heterocycles. The molecule has 9 heteroatoms. The normalized spacial score (nSPS) is 18.8. The first-order valence-corrected chi connectivity index (χ1v) is 11.8. The van der Waals surface area contributed by atoms with Gasteiger partial charge in [0.05, 0.1) is 18.1 Å². The number of benzene rings is 2. The predicted molar refractivity (Wildman–Crippen MR) is 114 cm³/mol. The largest absolute Gasteiger partial charge is 0.379 e. The lowest BCUT2D eigenvalue weighted by Crippen LogP contribution is -2.48. The Balaban J connectivity index is 1.37. The van der Waals surface area contributed by atoms with Gasteiger partial charge in [-0.15, -0.1) is 0 Å². The lowest BCUT2D eigenvalue weighted by atomic mass is 10.1. The van der Waals surface area contributed by atoms with Crippen LogP contribution in [-0.2, 0) is 21.3 Å². The van der Waals surface area contributed by atoms with Crippen molar-refractivity contribution in [3.8, 4) is 0 Å². The fraction of sp³-hybridized carbons (Fsp3) is 0.409. The second-order valence-electron chi connectivity index (χ2n) is 7.74. The molecule has 0 radical (unpaired) electrons. The van der Waals surface area contributed by atoms with Crippen molar-refractivity contribution in [2.24, 2.45) is 0 Å². The summed E-state index contributed by atoms with van der Waals surface area (Å²) >= 11 is 0. The van der Waals surface area contributed by atoms with Gasteiger partial charge in [-0.05, 0) is 35.9 Å². The van der Waals surface area contributed by atoms with Gasteiger partial charge in [-0.25, -0.2) is 12.8 Å². The molecule has 0 aromatic heterocycles. The van der Waals surface area contributed by atoms with Crippen LogP contribution < -0.4 is 0 Å². The number of morpholine rings is 1. The molecule has 0 atom stereocenters. The zero-order valence-corrected chi connectivity index (χ0v) is 18.1. The molecule has 2 aliphatic heterocycles. The first kappa shape index (κ1) is 21.9. The van der Waals surface area contributed by atoms with Crippen LogP contribution in [0.25, 0.3) is 0 Å². The van der Waals surface area contributed by atoms with Crippen molar-refractivity contribution in [3.05, 3.63) is 65.5 Å². The van der Waals surface area contributed by atoms with E-state index in [2.05, 4.69) is 4.90 Å². The van der Waals surface area contributed by atoms with E-state index in [9.17, 15) is 17.6 Å². The smallest absolute Gasteiger partial charge is 0.254 e. The van der Waals surface area contributed by atoms with Crippen LogP contribution in [0.15, 0.2) is 53.4 Å². The summed E-state index contributed by atoms with van der Waals surface area (Å²) in [5, 5.41) is 0. The summed E-state index contributed by atoms with van der Waals surface area (Å²) in [4.78, 5) is 16.8. The number of hydrogen-bond donors (Lipinski definition) is 0. The van der Waals surface area contributed by atoms with Crippen molar-refractivity contribution >= 4 is 15.9 Å². The minimum Gasteiger partial charge on any atom is -0.379 e. The van der Waals surface area contributed by atoms with Gasteiger partial charge in [0, 0.05) is 51.4 Å². The summed E-state index contributed by atoms with van der Waals surface area (Å²) in [7, 11) is -3.53. The number of nitrogens with zero attached hydrogens (tertiary/aromatic N) is 3. The zero-order chi connectivity index (χ0) is 21.8. The third-order valence-corrected chi connectivity index (χ3v) is 7.54. The van der Waals surface area contributed by atoms with Gasteiger partial charge >= 0.3 is 0 Å². The first-order valence-electron chi connectivity index (χ1n) is 10.4. The molecule has 7 nitrogen and oxygen atoms in total. The van der Waals surface area contributed by atoms with Crippen LogP contribution >= 0.6 is 0 Å². The average Bonchev–Trinajstić information content (AvgIpc) is 2.80. The number of hydrogen-bond acceptors (Lipinski definition) is 5. The van der Waals surface area contributed by atoms with E-state index in [0.29, 0.717) is 69.5 Å². The number of carbonyl (C=O) groups excluding carboxylic acids is 1. The van der Waals surface area contributed by atoms with Gasteiger partial charge < -0.3 is 9.64 Å². The van der Waals surface area contributed by atoms with Gasteiger partial charge in [0.2, 0.25) is 10.0 Å². The maximum atomic E-state index is 13.4. The molecule has 2 aromatic carbocycles. The number of carbonyl (C=O) groups is 1. The molecule has 0 bridgehead atoms. The molecule has 0 aliphatic carbocycles. The van der Waals surface area contributed by atoms with E-state index < -0.39 is 15.8 Å². The number of amides is 1. The van der Waals surface area contributed by atoms with Crippen molar-refractivity contribution in [2.75, 3.05) is 52.5 Å². The minimum atomic E-state index is -3.53. The Morgan fingerprint density at radius 2 is 1.65 bits per heavy atom. The Hall–Kier alpha value is -2.33. The monoisotopic (exact) mass is 447 g/mol.